The summed E-state index contributed by atoms with van der Waals surface area (Å²) in [6.45, 7) is 0.302. The van der Waals surface area contributed by atoms with Crippen molar-refractivity contribution in [1.29, 1.82) is 0 Å². The van der Waals surface area contributed by atoms with Crippen molar-refractivity contribution in [1.82, 2.24) is 4.98 Å². The Balaban J connectivity index is 2.06. The molecule has 0 saturated heterocycles. The minimum atomic E-state index is -1.98. The highest BCUT2D eigenvalue weighted by Crippen LogP contribution is 2.20. The number of aromatic nitrogens is 1. The summed E-state index contributed by atoms with van der Waals surface area (Å²) >= 11 is -1.98. The zero-order chi connectivity index (χ0) is 15.2. The average Bonchev–Trinajstić information content (AvgIpc) is 2.52. The molecule has 1 atom stereocenters. The van der Waals surface area contributed by atoms with Crippen LogP contribution in [0.2, 0.25) is 0 Å². The van der Waals surface area contributed by atoms with Gasteiger partial charge in [-0.2, -0.15) is 4.98 Å². The van der Waals surface area contributed by atoms with Gasteiger partial charge in [-0.05, 0) is 29.8 Å². The molecule has 2 aromatic rings. The molecule has 0 bridgehead atoms. The van der Waals surface area contributed by atoms with Crippen molar-refractivity contribution in [3.05, 3.63) is 42.0 Å². The van der Waals surface area contributed by atoms with Crippen molar-refractivity contribution in [3.8, 4) is 17.5 Å². The van der Waals surface area contributed by atoms with E-state index in [4.69, 9.17) is 18.8 Å². The first kappa shape index (κ1) is 15.3. The molecular formula is C14H15NO5S. The van der Waals surface area contributed by atoms with Gasteiger partial charge >= 0.3 is 0 Å². The third-order valence-electron chi connectivity index (χ3n) is 2.69. The maximum atomic E-state index is 10.9. The van der Waals surface area contributed by atoms with E-state index in [1.165, 1.54) is 14.2 Å². The quantitative estimate of drug-likeness (QED) is 0.825. The summed E-state index contributed by atoms with van der Waals surface area (Å²) < 4.78 is 35.6. The van der Waals surface area contributed by atoms with E-state index in [2.05, 4.69) is 4.98 Å². The van der Waals surface area contributed by atoms with Gasteiger partial charge in [-0.25, -0.2) is 4.21 Å². The first-order chi connectivity index (χ1) is 10.1. The number of rotatable bonds is 6. The average molecular weight is 309 g/mol. The van der Waals surface area contributed by atoms with Gasteiger partial charge < -0.3 is 18.8 Å². The molecule has 2 rings (SSSR count). The van der Waals surface area contributed by atoms with Crippen LogP contribution < -0.4 is 14.2 Å². The zero-order valence-corrected chi connectivity index (χ0v) is 12.4. The van der Waals surface area contributed by atoms with Gasteiger partial charge in [0.2, 0.25) is 11.8 Å². The van der Waals surface area contributed by atoms with Crippen LogP contribution in [0.25, 0.3) is 0 Å². The molecule has 0 fully saturated rings. The molecule has 1 aromatic heterocycles. The van der Waals surface area contributed by atoms with Crippen LogP contribution in [0, 0.1) is 0 Å². The molecule has 1 aromatic carbocycles. The fraction of sp³-hybridized carbons (Fsp3) is 0.214. The first-order valence-electron chi connectivity index (χ1n) is 6.05. The van der Waals surface area contributed by atoms with Crippen LogP contribution in [0.5, 0.6) is 17.5 Å². The minimum absolute atomic E-state index is 0.302. The number of methoxy groups -OCH3 is 2. The molecule has 0 saturated carbocycles. The minimum Gasteiger partial charge on any atom is -0.489 e. The van der Waals surface area contributed by atoms with Crippen molar-refractivity contribution < 1.29 is 23.0 Å². The molecule has 6 nitrogen and oxygen atoms in total. The zero-order valence-electron chi connectivity index (χ0n) is 11.6. The lowest BCUT2D eigenvalue weighted by Crippen LogP contribution is -1.99. The van der Waals surface area contributed by atoms with Crippen molar-refractivity contribution >= 4 is 11.1 Å². The Morgan fingerprint density at radius 3 is 2.14 bits per heavy atom. The van der Waals surface area contributed by atoms with Gasteiger partial charge in [0.1, 0.15) is 12.4 Å². The van der Waals surface area contributed by atoms with Crippen LogP contribution in [0.1, 0.15) is 5.56 Å². The summed E-state index contributed by atoms with van der Waals surface area (Å²) in [5.74, 6) is 1.48. The van der Waals surface area contributed by atoms with Gasteiger partial charge in [0.05, 0.1) is 19.1 Å². The molecular weight excluding hydrogens is 294 g/mol. The van der Waals surface area contributed by atoms with Gasteiger partial charge in [-0.1, -0.05) is 0 Å². The van der Waals surface area contributed by atoms with Gasteiger partial charge in [-0.15, -0.1) is 0 Å². The third kappa shape index (κ3) is 4.17. The lowest BCUT2D eigenvalue weighted by atomic mass is 10.2. The predicted molar refractivity (Wildman–Crippen MR) is 77.2 cm³/mol. The summed E-state index contributed by atoms with van der Waals surface area (Å²) in [6, 6.07) is 9.86. The first-order valence-corrected chi connectivity index (χ1v) is 7.15. The second-order valence-electron chi connectivity index (χ2n) is 4.07. The summed E-state index contributed by atoms with van der Waals surface area (Å²) in [7, 11) is 3.06. The Morgan fingerprint density at radius 2 is 1.67 bits per heavy atom. The second-order valence-corrected chi connectivity index (χ2v) is 5.04. The third-order valence-corrected chi connectivity index (χ3v) is 3.36. The van der Waals surface area contributed by atoms with Crippen LogP contribution in [-0.2, 0) is 17.7 Å². The van der Waals surface area contributed by atoms with Crippen LogP contribution >= 0.6 is 0 Å². The Labute approximate surface area is 125 Å². The van der Waals surface area contributed by atoms with E-state index >= 15 is 0 Å². The standard InChI is InChI=1S/C14H15NO5S/c1-18-13-7-10(8-14(15-13)19-2)9-20-11-3-5-12(6-4-11)21(16)17/h3-8H,9H2,1-2H3,(H,16,17). The van der Waals surface area contributed by atoms with Crippen molar-refractivity contribution in [2.24, 2.45) is 0 Å². The van der Waals surface area contributed by atoms with Crippen molar-refractivity contribution in [2.75, 3.05) is 14.2 Å². The van der Waals surface area contributed by atoms with Gasteiger partial charge in [-0.3, -0.25) is 0 Å². The summed E-state index contributed by atoms with van der Waals surface area (Å²) in [5.41, 5.74) is 0.841. The van der Waals surface area contributed by atoms with E-state index in [9.17, 15) is 4.21 Å². The highest BCUT2D eigenvalue weighted by atomic mass is 32.2. The van der Waals surface area contributed by atoms with Crippen LogP contribution in [-0.4, -0.2) is 28.0 Å². The molecule has 112 valence electrons. The topological polar surface area (TPSA) is 77.9 Å². The summed E-state index contributed by atoms with van der Waals surface area (Å²) in [4.78, 5) is 4.42. The summed E-state index contributed by atoms with van der Waals surface area (Å²) in [5, 5.41) is 0. The van der Waals surface area contributed by atoms with Crippen LogP contribution in [0.15, 0.2) is 41.3 Å². The number of nitrogens with zero attached hydrogens (tertiary/aromatic N) is 1. The number of ether oxygens (including phenoxy) is 3. The van der Waals surface area contributed by atoms with Gasteiger partial charge in [0.25, 0.3) is 0 Å². The smallest absolute Gasteiger partial charge is 0.216 e. The van der Waals surface area contributed by atoms with Crippen LogP contribution in [0.3, 0.4) is 0 Å². The Morgan fingerprint density at radius 1 is 1.10 bits per heavy atom. The lowest BCUT2D eigenvalue weighted by Gasteiger charge is -2.09. The SMILES string of the molecule is COc1cc(COc2ccc(S(=O)O)cc2)cc(OC)n1. The molecule has 1 heterocycles. The fourth-order valence-corrected chi connectivity index (χ4v) is 2.01. The second kappa shape index (κ2) is 7.05. The lowest BCUT2D eigenvalue weighted by molar-refractivity contribution is 0.301. The van der Waals surface area contributed by atoms with Crippen LogP contribution in [0.4, 0.5) is 0 Å². The molecule has 0 aliphatic carbocycles. The number of hydrogen-bond donors (Lipinski definition) is 1. The summed E-state index contributed by atoms with van der Waals surface area (Å²) in [6.07, 6.45) is 0. The molecule has 0 aliphatic heterocycles. The van der Waals surface area contributed by atoms with E-state index in [0.29, 0.717) is 29.0 Å². The van der Waals surface area contributed by atoms with E-state index < -0.39 is 11.1 Å². The number of hydrogen-bond acceptors (Lipinski definition) is 5. The molecule has 1 unspecified atom stereocenters. The highest BCUT2D eigenvalue weighted by Gasteiger charge is 2.05. The molecule has 0 spiro atoms. The van der Waals surface area contributed by atoms with E-state index in [1.54, 1.807) is 36.4 Å². The fourth-order valence-electron chi connectivity index (χ4n) is 1.64. The molecule has 0 amide bonds. The maximum absolute atomic E-state index is 10.9. The normalized spacial score (nSPS) is 11.8. The monoisotopic (exact) mass is 309 g/mol. The van der Waals surface area contributed by atoms with E-state index in [0.717, 1.165) is 5.56 Å². The van der Waals surface area contributed by atoms with Gasteiger partial charge in [0, 0.05) is 12.1 Å². The molecule has 0 radical (unpaired) electrons. The maximum Gasteiger partial charge on any atom is 0.216 e. The Kier molecular flexibility index (Phi) is 5.13. The molecule has 21 heavy (non-hydrogen) atoms. The highest BCUT2D eigenvalue weighted by molar-refractivity contribution is 7.79. The molecule has 7 heteroatoms. The van der Waals surface area contributed by atoms with Crippen molar-refractivity contribution in [2.45, 2.75) is 11.5 Å². The Bertz CT molecular complexity index is 608. The Hall–Kier alpha value is -2.12. The van der Waals surface area contributed by atoms with E-state index in [1.807, 2.05) is 0 Å². The van der Waals surface area contributed by atoms with E-state index in [-0.39, 0.29) is 0 Å². The molecule has 1 N–H and O–H groups in total. The molecule has 0 aliphatic rings. The number of pyridine rings is 1. The van der Waals surface area contributed by atoms with Gasteiger partial charge in [0.15, 0.2) is 11.1 Å². The van der Waals surface area contributed by atoms with Crippen molar-refractivity contribution in [3.63, 3.8) is 0 Å². The predicted octanol–water partition coefficient (Wildman–Crippen LogP) is 2.26. The number of benzene rings is 1. The largest absolute Gasteiger partial charge is 0.489 e.